The van der Waals surface area contributed by atoms with Crippen LogP contribution in [0.5, 0.6) is 0 Å². The summed E-state index contributed by atoms with van der Waals surface area (Å²) in [5.41, 5.74) is 5.43. The zero-order chi connectivity index (χ0) is 27.4. The number of piperidine rings is 1. The van der Waals surface area contributed by atoms with Crippen molar-refractivity contribution in [1.82, 2.24) is 19.8 Å². The molecular formula is C26H32F3N7O2. The van der Waals surface area contributed by atoms with Crippen LogP contribution in [0.25, 0.3) is 0 Å². The van der Waals surface area contributed by atoms with E-state index in [0.29, 0.717) is 30.3 Å². The Labute approximate surface area is 219 Å². The minimum atomic E-state index is -4.70. The SMILES string of the molecule is CN1CCC(N(C)C(=O)c2ccc(Nc3ncc(C(F)(F)F)c(N[C@@H]4CC=CC[C@@H]4C(N)=O)n3)cc2)CC1. The number of carbonyl (C=O) groups excluding carboxylic acids is 2. The first-order valence-electron chi connectivity index (χ1n) is 12.5. The summed E-state index contributed by atoms with van der Waals surface area (Å²) in [6.45, 7) is 1.88. The van der Waals surface area contributed by atoms with E-state index in [9.17, 15) is 22.8 Å². The Morgan fingerprint density at radius 1 is 1.11 bits per heavy atom. The number of carbonyl (C=O) groups is 2. The van der Waals surface area contributed by atoms with Gasteiger partial charge in [-0.1, -0.05) is 12.2 Å². The molecule has 2 amide bonds. The number of halogens is 3. The summed E-state index contributed by atoms with van der Waals surface area (Å²) in [5, 5.41) is 5.66. The highest BCUT2D eigenvalue weighted by molar-refractivity contribution is 5.94. The van der Waals surface area contributed by atoms with Crippen LogP contribution in [0.4, 0.5) is 30.6 Å². The van der Waals surface area contributed by atoms with Crippen LogP contribution >= 0.6 is 0 Å². The molecule has 1 aromatic carbocycles. The van der Waals surface area contributed by atoms with Crippen LogP contribution in [0.15, 0.2) is 42.6 Å². The number of likely N-dealkylation sites (tertiary alicyclic amines) is 1. The molecule has 2 heterocycles. The molecule has 2 atom stereocenters. The van der Waals surface area contributed by atoms with Gasteiger partial charge < -0.3 is 26.2 Å². The number of nitrogens with two attached hydrogens (primary N) is 1. The Balaban J connectivity index is 1.49. The predicted molar refractivity (Wildman–Crippen MR) is 138 cm³/mol. The van der Waals surface area contributed by atoms with Crippen LogP contribution in [0.2, 0.25) is 0 Å². The summed E-state index contributed by atoms with van der Waals surface area (Å²) in [6.07, 6.45) is 2.07. The third-order valence-corrected chi connectivity index (χ3v) is 7.16. The van der Waals surface area contributed by atoms with Crippen molar-refractivity contribution in [3.8, 4) is 0 Å². The van der Waals surface area contributed by atoms with Gasteiger partial charge in [-0.25, -0.2) is 4.98 Å². The zero-order valence-electron chi connectivity index (χ0n) is 21.3. The van der Waals surface area contributed by atoms with E-state index in [-0.39, 0.29) is 17.9 Å². The second kappa shape index (κ2) is 11.4. The van der Waals surface area contributed by atoms with E-state index in [1.165, 1.54) is 0 Å². The first-order valence-corrected chi connectivity index (χ1v) is 12.5. The number of aromatic nitrogens is 2. The highest BCUT2D eigenvalue weighted by Gasteiger charge is 2.37. The van der Waals surface area contributed by atoms with E-state index in [2.05, 4.69) is 32.5 Å². The number of amides is 2. The quantitative estimate of drug-likeness (QED) is 0.467. The second-order valence-electron chi connectivity index (χ2n) is 9.81. The van der Waals surface area contributed by atoms with Crippen molar-refractivity contribution in [2.75, 3.05) is 37.8 Å². The molecule has 9 nitrogen and oxygen atoms in total. The fraction of sp³-hybridized carbons (Fsp3) is 0.462. The lowest BCUT2D eigenvalue weighted by molar-refractivity contribution is -0.137. The average molecular weight is 532 g/mol. The van der Waals surface area contributed by atoms with Crippen LogP contribution in [0.1, 0.15) is 41.6 Å². The van der Waals surface area contributed by atoms with Crippen LogP contribution in [-0.2, 0) is 11.0 Å². The van der Waals surface area contributed by atoms with Gasteiger partial charge in [-0.15, -0.1) is 0 Å². The molecule has 12 heteroatoms. The van der Waals surface area contributed by atoms with Crippen molar-refractivity contribution in [2.24, 2.45) is 11.7 Å². The topological polar surface area (TPSA) is 116 Å². The molecule has 204 valence electrons. The molecule has 1 fully saturated rings. The Kier molecular flexibility index (Phi) is 8.20. The van der Waals surface area contributed by atoms with Crippen LogP contribution in [-0.4, -0.2) is 70.9 Å². The van der Waals surface area contributed by atoms with Crippen molar-refractivity contribution < 1.29 is 22.8 Å². The predicted octanol–water partition coefficient (Wildman–Crippen LogP) is 3.64. The van der Waals surface area contributed by atoms with Gasteiger partial charge in [0.05, 0.1) is 5.92 Å². The van der Waals surface area contributed by atoms with E-state index in [0.717, 1.165) is 25.9 Å². The van der Waals surface area contributed by atoms with Crippen molar-refractivity contribution in [3.05, 3.63) is 53.7 Å². The molecule has 38 heavy (non-hydrogen) atoms. The fourth-order valence-electron chi connectivity index (χ4n) is 4.80. The number of benzene rings is 1. The maximum Gasteiger partial charge on any atom is 0.421 e. The third-order valence-electron chi connectivity index (χ3n) is 7.16. The van der Waals surface area contributed by atoms with Gasteiger partial charge in [-0.2, -0.15) is 18.2 Å². The minimum absolute atomic E-state index is 0.0648. The van der Waals surface area contributed by atoms with Crippen molar-refractivity contribution in [1.29, 1.82) is 0 Å². The van der Waals surface area contributed by atoms with Crippen molar-refractivity contribution in [3.63, 3.8) is 0 Å². The summed E-state index contributed by atoms with van der Waals surface area (Å²) in [4.78, 5) is 36.7. The second-order valence-corrected chi connectivity index (χ2v) is 9.81. The Bertz CT molecular complexity index is 1180. The Morgan fingerprint density at radius 3 is 2.39 bits per heavy atom. The molecule has 2 aromatic rings. The summed E-state index contributed by atoms with van der Waals surface area (Å²) < 4.78 is 41.0. The highest BCUT2D eigenvalue weighted by atomic mass is 19.4. The van der Waals surface area contributed by atoms with Gasteiger partial charge >= 0.3 is 6.18 Å². The first kappa shape index (κ1) is 27.4. The largest absolute Gasteiger partial charge is 0.421 e. The van der Waals surface area contributed by atoms with Crippen LogP contribution < -0.4 is 16.4 Å². The summed E-state index contributed by atoms with van der Waals surface area (Å²) in [5.74, 6) is -1.85. The Hall–Kier alpha value is -3.67. The molecule has 1 saturated heterocycles. The number of allylic oxidation sites excluding steroid dienone is 1. The van der Waals surface area contributed by atoms with Crippen molar-refractivity contribution in [2.45, 2.75) is 43.9 Å². The number of alkyl halides is 3. The number of hydrogen-bond donors (Lipinski definition) is 3. The molecule has 0 unspecified atom stereocenters. The number of nitrogens with one attached hydrogen (secondary N) is 2. The minimum Gasteiger partial charge on any atom is -0.369 e. The summed E-state index contributed by atoms with van der Waals surface area (Å²) in [7, 11) is 3.87. The van der Waals surface area contributed by atoms with Gasteiger partial charge in [0.15, 0.2) is 0 Å². The van der Waals surface area contributed by atoms with E-state index in [4.69, 9.17) is 5.73 Å². The highest BCUT2D eigenvalue weighted by Crippen LogP contribution is 2.35. The maximum absolute atomic E-state index is 13.7. The van der Waals surface area contributed by atoms with Crippen molar-refractivity contribution >= 4 is 29.3 Å². The lowest BCUT2D eigenvalue weighted by Crippen LogP contribution is -2.44. The molecule has 0 saturated carbocycles. The van der Waals surface area contributed by atoms with Gasteiger partial charge in [-0.05, 0) is 70.1 Å². The molecule has 4 rings (SSSR count). The normalized spacial score (nSPS) is 20.7. The standard InChI is InChI=1S/C26H32F3N7O2/c1-35-13-11-18(12-14-35)36(2)24(38)16-7-9-17(10-8-16)32-25-31-15-20(26(27,28)29)23(34-25)33-21-6-4-3-5-19(21)22(30)37/h3-4,7-10,15,18-19,21H,5-6,11-14H2,1-2H3,(H2,30,37)(H2,31,32,33,34)/t19-,21+/m0/s1. The number of nitrogens with zero attached hydrogens (tertiary/aromatic N) is 4. The molecule has 2 aliphatic rings. The lowest BCUT2D eigenvalue weighted by Gasteiger charge is -2.35. The fourth-order valence-corrected chi connectivity index (χ4v) is 4.80. The van der Waals surface area contributed by atoms with E-state index >= 15 is 0 Å². The Morgan fingerprint density at radius 2 is 1.76 bits per heavy atom. The average Bonchev–Trinajstić information content (AvgIpc) is 2.88. The van der Waals surface area contributed by atoms with E-state index in [1.54, 1.807) is 48.4 Å². The monoisotopic (exact) mass is 531 g/mol. The van der Waals surface area contributed by atoms with Gasteiger partial charge in [0.1, 0.15) is 11.4 Å². The van der Waals surface area contributed by atoms with Gasteiger partial charge in [0.2, 0.25) is 11.9 Å². The molecule has 1 aromatic heterocycles. The van der Waals surface area contributed by atoms with Gasteiger partial charge in [0.25, 0.3) is 5.91 Å². The maximum atomic E-state index is 13.7. The van der Waals surface area contributed by atoms with E-state index in [1.807, 2.05) is 0 Å². The number of primary amides is 1. The number of anilines is 3. The molecular weight excluding hydrogens is 499 g/mol. The van der Waals surface area contributed by atoms with Crippen LogP contribution in [0.3, 0.4) is 0 Å². The lowest BCUT2D eigenvalue weighted by atomic mass is 9.88. The molecule has 4 N–H and O–H groups in total. The van der Waals surface area contributed by atoms with E-state index < -0.39 is 35.4 Å². The molecule has 0 bridgehead atoms. The summed E-state index contributed by atoms with van der Waals surface area (Å²) >= 11 is 0. The third kappa shape index (κ3) is 6.42. The number of hydrogen-bond acceptors (Lipinski definition) is 7. The molecule has 0 spiro atoms. The molecule has 1 aliphatic heterocycles. The zero-order valence-corrected chi connectivity index (χ0v) is 21.3. The first-order chi connectivity index (χ1) is 18.0. The van der Waals surface area contributed by atoms with Gasteiger partial charge in [-0.3, -0.25) is 9.59 Å². The molecule has 1 aliphatic carbocycles. The smallest absolute Gasteiger partial charge is 0.369 e. The van der Waals surface area contributed by atoms with Crippen LogP contribution in [0, 0.1) is 5.92 Å². The van der Waals surface area contributed by atoms with Gasteiger partial charge in [0, 0.05) is 36.6 Å². The number of rotatable bonds is 7. The summed E-state index contributed by atoms with van der Waals surface area (Å²) in [6, 6.07) is 6.17. The molecule has 0 radical (unpaired) electrons.